The number of nitrogens with one attached hydrogen (secondary N) is 1. The van der Waals surface area contributed by atoms with Crippen LogP contribution in [0.3, 0.4) is 0 Å². The Bertz CT molecular complexity index is 1030. The number of aliphatic hydroxyl groups is 1. The summed E-state index contributed by atoms with van der Waals surface area (Å²) in [6, 6.07) is 0. The number of hydrazine groups is 1. The molecule has 6 rings (SSSR count). The second-order valence-corrected chi connectivity index (χ2v) is 11.7. The van der Waals surface area contributed by atoms with Crippen LogP contribution in [0.5, 0.6) is 0 Å². The van der Waals surface area contributed by atoms with E-state index in [-0.39, 0.29) is 37.6 Å². The van der Waals surface area contributed by atoms with Gasteiger partial charge in [-0.15, -0.1) is 0 Å². The zero-order valence-corrected chi connectivity index (χ0v) is 21.8. The Kier molecular flexibility index (Phi) is 5.90. The number of hydrogen-bond donors (Lipinski definition) is 2. The second kappa shape index (κ2) is 8.64. The molecule has 4 aliphatic carbocycles. The molecule has 198 valence electrons. The van der Waals surface area contributed by atoms with Crippen molar-refractivity contribution in [2.24, 2.45) is 27.8 Å². The van der Waals surface area contributed by atoms with Crippen molar-refractivity contribution in [3.8, 4) is 0 Å². The maximum Gasteiger partial charge on any atom is 0.226 e. The van der Waals surface area contributed by atoms with Crippen molar-refractivity contribution in [2.75, 3.05) is 47.5 Å². The quantitative estimate of drug-likeness (QED) is 0.439. The minimum Gasteiger partial charge on any atom is -0.393 e. The highest BCUT2D eigenvalue weighted by atomic mass is 16.9. The highest BCUT2D eigenvalue weighted by molar-refractivity contribution is 6.05. The van der Waals surface area contributed by atoms with E-state index < -0.39 is 11.4 Å². The Morgan fingerprint density at radius 3 is 2.78 bits per heavy atom. The Morgan fingerprint density at radius 2 is 2.03 bits per heavy atom. The second-order valence-electron chi connectivity index (χ2n) is 11.7. The van der Waals surface area contributed by atoms with Gasteiger partial charge >= 0.3 is 0 Å². The molecule has 2 saturated carbocycles. The molecule has 6 atom stereocenters. The van der Waals surface area contributed by atoms with Crippen LogP contribution >= 0.6 is 0 Å². The predicted molar refractivity (Wildman–Crippen MR) is 132 cm³/mol. The Balaban J connectivity index is 1.43. The van der Waals surface area contributed by atoms with Gasteiger partial charge in [-0.3, -0.25) is 0 Å². The highest BCUT2D eigenvalue weighted by Gasteiger charge is 2.75. The van der Waals surface area contributed by atoms with Gasteiger partial charge in [0, 0.05) is 30.6 Å². The lowest BCUT2D eigenvalue weighted by Gasteiger charge is -2.57. The summed E-state index contributed by atoms with van der Waals surface area (Å²) in [6.07, 6.45) is 11.4. The van der Waals surface area contributed by atoms with Crippen LogP contribution in [-0.2, 0) is 23.8 Å². The fraction of sp³-hybridized carbons (Fsp3) is 0.741. The molecule has 0 aromatic heterocycles. The number of hydrogen-bond acceptors (Lipinski definition) is 9. The van der Waals surface area contributed by atoms with Gasteiger partial charge < -0.3 is 34.3 Å². The van der Waals surface area contributed by atoms with E-state index in [1.807, 2.05) is 19.1 Å². The van der Waals surface area contributed by atoms with Crippen molar-refractivity contribution >= 4 is 5.71 Å². The normalized spacial score (nSPS) is 44.4. The van der Waals surface area contributed by atoms with Crippen LogP contribution in [0.15, 0.2) is 40.2 Å². The van der Waals surface area contributed by atoms with Crippen molar-refractivity contribution in [1.29, 1.82) is 0 Å². The van der Waals surface area contributed by atoms with Gasteiger partial charge in [0.15, 0.2) is 13.6 Å². The SMILES string of the molecule is CN(C)NC1=C2[C@@H](CCC3=CC(=NOCCO)C=C[C@@]32C)[C@@H]2CC[C@@]3(OCOC34COCO4)[C@@]2(C)C1. The van der Waals surface area contributed by atoms with Crippen molar-refractivity contribution in [3.63, 3.8) is 0 Å². The molecule has 4 fully saturated rings. The molecule has 2 heterocycles. The summed E-state index contributed by atoms with van der Waals surface area (Å²) < 4.78 is 24.7. The van der Waals surface area contributed by atoms with Crippen molar-refractivity contribution < 1.29 is 28.9 Å². The average molecular weight is 502 g/mol. The molecule has 2 saturated heterocycles. The molecule has 2 N–H and O–H groups in total. The van der Waals surface area contributed by atoms with E-state index >= 15 is 0 Å². The maximum atomic E-state index is 9.02. The monoisotopic (exact) mass is 501 g/mol. The van der Waals surface area contributed by atoms with E-state index in [0.29, 0.717) is 18.4 Å². The third-order valence-electron chi connectivity index (χ3n) is 9.73. The minimum atomic E-state index is -0.828. The molecule has 2 spiro atoms. The largest absolute Gasteiger partial charge is 0.393 e. The van der Waals surface area contributed by atoms with Gasteiger partial charge in [0.2, 0.25) is 5.79 Å². The predicted octanol–water partition coefficient (Wildman–Crippen LogP) is 2.85. The summed E-state index contributed by atoms with van der Waals surface area (Å²) >= 11 is 0. The maximum absolute atomic E-state index is 9.02. The lowest BCUT2D eigenvalue weighted by molar-refractivity contribution is -0.241. The Hall–Kier alpha value is -1.75. The highest BCUT2D eigenvalue weighted by Crippen LogP contribution is 2.70. The van der Waals surface area contributed by atoms with Gasteiger partial charge in [-0.25, -0.2) is 5.01 Å². The molecule has 0 amide bonds. The fourth-order valence-electron chi connectivity index (χ4n) is 8.33. The zero-order chi connectivity index (χ0) is 25.2. The van der Waals surface area contributed by atoms with Crippen molar-refractivity contribution in [1.82, 2.24) is 10.4 Å². The van der Waals surface area contributed by atoms with Crippen LogP contribution in [-0.4, -0.2) is 74.7 Å². The van der Waals surface area contributed by atoms with Crippen LogP contribution in [0.1, 0.15) is 46.0 Å². The first-order valence-electron chi connectivity index (χ1n) is 13.2. The molecule has 0 radical (unpaired) electrons. The Morgan fingerprint density at radius 1 is 1.19 bits per heavy atom. The summed E-state index contributed by atoms with van der Waals surface area (Å²) in [6.45, 7) is 5.81. The van der Waals surface area contributed by atoms with E-state index in [4.69, 9.17) is 28.9 Å². The van der Waals surface area contributed by atoms with Gasteiger partial charge in [0.1, 0.15) is 24.5 Å². The van der Waals surface area contributed by atoms with E-state index in [1.165, 1.54) is 16.8 Å². The third kappa shape index (κ3) is 3.26. The number of ether oxygens (including phenoxy) is 4. The van der Waals surface area contributed by atoms with Gasteiger partial charge in [-0.2, -0.15) is 0 Å². The molecule has 9 nitrogen and oxygen atoms in total. The van der Waals surface area contributed by atoms with Crippen LogP contribution in [0.25, 0.3) is 0 Å². The molecule has 0 aromatic carbocycles. The fourth-order valence-corrected chi connectivity index (χ4v) is 8.33. The third-order valence-corrected chi connectivity index (χ3v) is 9.73. The standard InChI is InChI=1S/C27H39N3O6/c1-24-9-7-19(29-36-12-11-31)13-18(24)5-6-20-21-8-10-26(27(35-17-33-26)15-32-16-34-27)25(21,2)14-22(23(20)24)28-30(3)4/h7,9,13,20-21,28,31H,5-6,8,10-12,14-17H2,1-4H3/t20-,21-,24-,25-,26+,27?/m0/s1. The molecule has 0 bridgehead atoms. The number of allylic oxidation sites excluding steroid dienone is 6. The number of aliphatic hydroxyl groups excluding tert-OH is 1. The molecule has 0 aromatic rings. The molecular weight excluding hydrogens is 462 g/mol. The summed E-state index contributed by atoms with van der Waals surface area (Å²) in [5, 5.41) is 15.3. The summed E-state index contributed by atoms with van der Waals surface area (Å²) in [7, 11) is 4.10. The van der Waals surface area contributed by atoms with E-state index in [9.17, 15) is 0 Å². The van der Waals surface area contributed by atoms with E-state index in [2.05, 4.69) is 42.7 Å². The topological polar surface area (TPSA) is 94.0 Å². The molecular formula is C27H39N3O6. The van der Waals surface area contributed by atoms with Crippen molar-refractivity contribution in [2.45, 2.75) is 57.3 Å². The lowest BCUT2D eigenvalue weighted by Crippen LogP contribution is -2.63. The smallest absolute Gasteiger partial charge is 0.226 e. The van der Waals surface area contributed by atoms with E-state index in [1.54, 1.807) is 0 Å². The molecule has 9 heteroatoms. The van der Waals surface area contributed by atoms with Crippen LogP contribution in [0, 0.1) is 22.7 Å². The first-order chi connectivity index (χ1) is 17.3. The number of nitrogens with zero attached hydrogens (tertiary/aromatic N) is 2. The number of rotatable bonds is 5. The molecule has 6 aliphatic rings. The summed E-state index contributed by atoms with van der Waals surface area (Å²) in [5.74, 6) is 0.0497. The summed E-state index contributed by atoms with van der Waals surface area (Å²) in [4.78, 5) is 5.25. The summed E-state index contributed by atoms with van der Waals surface area (Å²) in [5.41, 5.74) is 7.75. The zero-order valence-electron chi connectivity index (χ0n) is 21.8. The first kappa shape index (κ1) is 24.6. The van der Waals surface area contributed by atoms with Gasteiger partial charge in [-0.1, -0.05) is 23.7 Å². The lowest BCUT2D eigenvalue weighted by atomic mass is 9.50. The molecule has 2 aliphatic heterocycles. The molecule has 1 unspecified atom stereocenters. The molecule has 36 heavy (non-hydrogen) atoms. The van der Waals surface area contributed by atoms with Crippen molar-refractivity contribution in [3.05, 3.63) is 35.1 Å². The minimum absolute atomic E-state index is 0.0439. The van der Waals surface area contributed by atoms with Gasteiger partial charge in [0.25, 0.3) is 0 Å². The van der Waals surface area contributed by atoms with Crippen LogP contribution < -0.4 is 5.43 Å². The Labute approximate surface area is 213 Å². The first-order valence-corrected chi connectivity index (χ1v) is 13.2. The van der Waals surface area contributed by atoms with Crippen LogP contribution in [0.2, 0.25) is 0 Å². The number of fused-ring (bicyclic) bond motifs is 7. The van der Waals surface area contributed by atoms with E-state index in [0.717, 1.165) is 37.8 Å². The number of oxime groups is 1. The van der Waals surface area contributed by atoms with Gasteiger partial charge in [0.05, 0.1) is 6.61 Å². The van der Waals surface area contributed by atoms with Crippen LogP contribution in [0.4, 0.5) is 0 Å². The average Bonchev–Trinajstić information content (AvgIpc) is 3.53. The van der Waals surface area contributed by atoms with Gasteiger partial charge in [-0.05, 0) is 68.6 Å².